The number of carbonyl (C=O) groups excluding carboxylic acids is 1. The highest BCUT2D eigenvalue weighted by molar-refractivity contribution is 8.00. The molecule has 1 N–H and O–H groups in total. The van der Waals surface area contributed by atoms with Gasteiger partial charge in [0.05, 0.1) is 11.3 Å². The molecule has 0 bridgehead atoms. The molecular weight excluding hydrogens is 286 g/mol. The van der Waals surface area contributed by atoms with E-state index in [1.165, 1.54) is 11.8 Å². The maximum Gasteiger partial charge on any atom is 0.335 e. The highest BCUT2D eigenvalue weighted by Crippen LogP contribution is 2.24. The number of carboxylic acids is 1. The van der Waals surface area contributed by atoms with Gasteiger partial charge in [-0.3, -0.25) is 4.79 Å². The lowest BCUT2D eigenvalue weighted by Gasteiger charge is -2.22. The van der Waals surface area contributed by atoms with Crippen LogP contribution in [0.3, 0.4) is 0 Å². The van der Waals surface area contributed by atoms with E-state index in [0.717, 1.165) is 29.9 Å². The van der Waals surface area contributed by atoms with Gasteiger partial charge in [-0.15, -0.1) is 11.8 Å². The van der Waals surface area contributed by atoms with Crippen LogP contribution in [0.15, 0.2) is 40.9 Å². The summed E-state index contributed by atoms with van der Waals surface area (Å²) in [5.74, 6) is -0.541. The quantitative estimate of drug-likeness (QED) is 0.818. The molecule has 0 saturated carbocycles. The first-order chi connectivity index (χ1) is 10.1. The molecule has 0 aliphatic heterocycles. The molecular formula is C16H19NO3S. The van der Waals surface area contributed by atoms with Gasteiger partial charge in [0.25, 0.3) is 0 Å². The number of aromatic carboxylic acids is 1. The number of thioether (sulfide) groups is 1. The molecule has 1 aliphatic rings. The van der Waals surface area contributed by atoms with Crippen molar-refractivity contribution >= 4 is 23.6 Å². The third-order valence-electron chi connectivity index (χ3n) is 3.42. The van der Waals surface area contributed by atoms with Gasteiger partial charge in [0, 0.05) is 17.1 Å². The minimum Gasteiger partial charge on any atom is -0.478 e. The van der Waals surface area contributed by atoms with Gasteiger partial charge in [-0.2, -0.15) is 0 Å². The minimum absolute atomic E-state index is 0.0800. The van der Waals surface area contributed by atoms with E-state index in [0.29, 0.717) is 12.3 Å². The topological polar surface area (TPSA) is 57.6 Å². The summed E-state index contributed by atoms with van der Waals surface area (Å²) >= 11 is 1.38. The summed E-state index contributed by atoms with van der Waals surface area (Å²) < 4.78 is 0. The second kappa shape index (κ2) is 7.31. The molecule has 0 fully saturated rings. The Bertz CT molecular complexity index is 568. The highest BCUT2D eigenvalue weighted by atomic mass is 32.2. The third-order valence-corrected chi connectivity index (χ3v) is 4.40. The van der Waals surface area contributed by atoms with Crippen LogP contribution in [0.25, 0.3) is 0 Å². The monoisotopic (exact) mass is 305 g/mol. The van der Waals surface area contributed by atoms with Gasteiger partial charge in [0.2, 0.25) is 5.91 Å². The largest absolute Gasteiger partial charge is 0.478 e. The van der Waals surface area contributed by atoms with Crippen LogP contribution in [-0.2, 0) is 4.79 Å². The second-order valence-electron chi connectivity index (χ2n) is 4.85. The molecule has 2 rings (SSSR count). The van der Waals surface area contributed by atoms with E-state index in [-0.39, 0.29) is 11.5 Å². The van der Waals surface area contributed by atoms with Crippen molar-refractivity contribution in [2.75, 3.05) is 12.3 Å². The average molecular weight is 305 g/mol. The summed E-state index contributed by atoms with van der Waals surface area (Å²) in [6, 6.07) is 6.68. The molecule has 1 aliphatic carbocycles. The Labute approximate surface area is 128 Å². The first kappa shape index (κ1) is 15.6. The first-order valence-electron chi connectivity index (χ1n) is 7.07. The number of carboxylic acid groups (broad SMARTS) is 1. The van der Waals surface area contributed by atoms with E-state index < -0.39 is 5.97 Å². The maximum atomic E-state index is 12.3. The fourth-order valence-corrected chi connectivity index (χ4v) is 3.21. The second-order valence-corrected chi connectivity index (χ2v) is 5.90. The van der Waals surface area contributed by atoms with Gasteiger partial charge in [0.1, 0.15) is 0 Å². The molecule has 1 aromatic rings. The standard InChI is InChI=1S/C16H19NO3S/c1-2-17(13-7-3-4-8-13)15(18)11-21-14-9-5-6-12(10-14)16(19)20/h5-7,9-10H,2-4,8,11H2,1H3,(H,19,20). The normalized spacial score (nSPS) is 13.9. The lowest BCUT2D eigenvalue weighted by Crippen LogP contribution is -2.31. The number of rotatable bonds is 6. The van der Waals surface area contributed by atoms with E-state index in [1.54, 1.807) is 18.2 Å². The van der Waals surface area contributed by atoms with Crippen molar-refractivity contribution in [3.05, 3.63) is 41.6 Å². The zero-order valence-electron chi connectivity index (χ0n) is 12.0. The van der Waals surface area contributed by atoms with Crippen molar-refractivity contribution in [3.8, 4) is 0 Å². The van der Waals surface area contributed by atoms with Crippen LogP contribution < -0.4 is 0 Å². The van der Waals surface area contributed by atoms with Gasteiger partial charge in [-0.25, -0.2) is 4.79 Å². The van der Waals surface area contributed by atoms with Gasteiger partial charge in [-0.05, 0) is 44.4 Å². The number of allylic oxidation sites excluding steroid dienone is 2. The van der Waals surface area contributed by atoms with Gasteiger partial charge in [0.15, 0.2) is 0 Å². The fourth-order valence-electron chi connectivity index (χ4n) is 2.38. The molecule has 1 amide bonds. The van der Waals surface area contributed by atoms with Crippen molar-refractivity contribution in [3.63, 3.8) is 0 Å². The predicted octanol–water partition coefficient (Wildman–Crippen LogP) is 3.39. The molecule has 1 aromatic carbocycles. The van der Waals surface area contributed by atoms with Crippen LogP contribution in [0, 0.1) is 0 Å². The predicted molar refractivity (Wildman–Crippen MR) is 83.4 cm³/mol. The van der Waals surface area contributed by atoms with Gasteiger partial charge in [-0.1, -0.05) is 12.1 Å². The van der Waals surface area contributed by atoms with Gasteiger partial charge < -0.3 is 10.0 Å². The molecule has 112 valence electrons. The Morgan fingerprint density at radius 3 is 2.81 bits per heavy atom. The number of hydrogen-bond donors (Lipinski definition) is 1. The lowest BCUT2D eigenvalue weighted by atomic mass is 10.2. The van der Waals surface area contributed by atoms with Crippen LogP contribution in [0.4, 0.5) is 0 Å². The molecule has 0 heterocycles. The molecule has 0 aromatic heterocycles. The SMILES string of the molecule is CCN(C(=O)CSc1cccc(C(=O)O)c1)C1=CCCC1. The Kier molecular flexibility index (Phi) is 5.44. The number of carbonyl (C=O) groups is 2. The summed E-state index contributed by atoms with van der Waals surface area (Å²) in [7, 11) is 0. The van der Waals surface area contributed by atoms with Crippen molar-refractivity contribution in [1.29, 1.82) is 0 Å². The number of nitrogens with zero attached hydrogens (tertiary/aromatic N) is 1. The summed E-state index contributed by atoms with van der Waals surface area (Å²) in [6.45, 7) is 2.66. The van der Waals surface area contributed by atoms with Crippen molar-refractivity contribution in [2.45, 2.75) is 31.1 Å². The van der Waals surface area contributed by atoms with Crippen molar-refractivity contribution < 1.29 is 14.7 Å². The molecule has 0 saturated heterocycles. The smallest absolute Gasteiger partial charge is 0.335 e. The molecule has 0 radical (unpaired) electrons. The van der Waals surface area contributed by atoms with Crippen LogP contribution in [0.1, 0.15) is 36.5 Å². The summed E-state index contributed by atoms with van der Waals surface area (Å²) in [4.78, 5) is 25.9. The Morgan fingerprint density at radius 1 is 1.38 bits per heavy atom. The summed E-state index contributed by atoms with van der Waals surface area (Å²) in [5, 5.41) is 8.96. The fraction of sp³-hybridized carbons (Fsp3) is 0.375. The molecule has 21 heavy (non-hydrogen) atoms. The molecule has 0 unspecified atom stereocenters. The van der Waals surface area contributed by atoms with Crippen molar-refractivity contribution in [2.24, 2.45) is 0 Å². The van der Waals surface area contributed by atoms with Crippen molar-refractivity contribution in [1.82, 2.24) is 4.90 Å². The van der Waals surface area contributed by atoms with Crippen LogP contribution in [-0.4, -0.2) is 34.2 Å². The number of amides is 1. The number of hydrogen-bond acceptors (Lipinski definition) is 3. The van der Waals surface area contributed by atoms with E-state index in [4.69, 9.17) is 5.11 Å². The Morgan fingerprint density at radius 2 is 2.19 bits per heavy atom. The molecule has 0 atom stereocenters. The third kappa shape index (κ3) is 4.11. The number of benzene rings is 1. The summed E-state index contributed by atoms with van der Waals surface area (Å²) in [5.41, 5.74) is 1.38. The average Bonchev–Trinajstić information content (AvgIpc) is 3.00. The van der Waals surface area contributed by atoms with Crippen LogP contribution >= 0.6 is 11.8 Å². The zero-order chi connectivity index (χ0) is 15.2. The lowest BCUT2D eigenvalue weighted by molar-refractivity contribution is -0.126. The minimum atomic E-state index is -0.949. The van der Waals surface area contributed by atoms with Crippen LogP contribution in [0.2, 0.25) is 0 Å². The van der Waals surface area contributed by atoms with E-state index in [1.807, 2.05) is 17.9 Å². The van der Waals surface area contributed by atoms with E-state index in [9.17, 15) is 9.59 Å². The maximum absolute atomic E-state index is 12.3. The van der Waals surface area contributed by atoms with Gasteiger partial charge >= 0.3 is 5.97 Å². The Hall–Kier alpha value is -1.75. The van der Waals surface area contributed by atoms with Crippen LogP contribution in [0.5, 0.6) is 0 Å². The molecule has 5 heteroatoms. The first-order valence-corrected chi connectivity index (χ1v) is 8.06. The molecule has 0 spiro atoms. The Balaban J connectivity index is 1.96. The summed E-state index contributed by atoms with van der Waals surface area (Å²) in [6.07, 6.45) is 5.27. The highest BCUT2D eigenvalue weighted by Gasteiger charge is 2.18. The van der Waals surface area contributed by atoms with E-state index in [2.05, 4.69) is 6.08 Å². The van der Waals surface area contributed by atoms with E-state index >= 15 is 0 Å². The zero-order valence-corrected chi connectivity index (χ0v) is 12.9. The molecule has 4 nitrogen and oxygen atoms in total.